The fourth-order valence-electron chi connectivity index (χ4n) is 3.63. The number of nitriles is 1. The highest BCUT2D eigenvalue weighted by atomic mass is 79.9. The van der Waals surface area contributed by atoms with Crippen molar-refractivity contribution < 1.29 is 4.79 Å². The van der Waals surface area contributed by atoms with Crippen molar-refractivity contribution in [3.05, 3.63) is 28.2 Å². The molecule has 0 aliphatic heterocycles. The molecule has 20 heavy (non-hydrogen) atoms. The normalized spacial score (nSPS) is 31.1. The monoisotopic (exact) mass is 333 g/mol. The molecule has 4 unspecified atom stereocenters. The number of rotatable bonds is 2. The quantitative estimate of drug-likeness (QED) is 0.873. The van der Waals surface area contributed by atoms with Crippen molar-refractivity contribution in [3.63, 3.8) is 0 Å². The molecule has 2 aliphatic rings. The highest BCUT2D eigenvalue weighted by molar-refractivity contribution is 9.10. The molecule has 2 fully saturated rings. The van der Waals surface area contributed by atoms with E-state index in [0.717, 1.165) is 23.7 Å². The molecule has 3 rings (SSSR count). The second kappa shape index (κ2) is 5.19. The Labute approximate surface area is 126 Å². The van der Waals surface area contributed by atoms with Gasteiger partial charge in [0.1, 0.15) is 0 Å². The van der Waals surface area contributed by atoms with Gasteiger partial charge in [0.15, 0.2) is 0 Å². The van der Waals surface area contributed by atoms with Gasteiger partial charge < -0.3 is 11.1 Å². The summed E-state index contributed by atoms with van der Waals surface area (Å²) in [6.45, 7) is 0. The number of anilines is 1. The zero-order valence-electron chi connectivity index (χ0n) is 11.0. The van der Waals surface area contributed by atoms with E-state index in [1.54, 1.807) is 18.2 Å². The Morgan fingerprint density at radius 3 is 2.75 bits per heavy atom. The number of nitrogens with two attached hydrogens (primary N) is 1. The Morgan fingerprint density at radius 2 is 2.15 bits per heavy atom. The molecule has 2 bridgehead atoms. The molecule has 0 saturated heterocycles. The number of benzene rings is 1. The van der Waals surface area contributed by atoms with Crippen molar-refractivity contribution in [2.75, 3.05) is 5.32 Å². The van der Waals surface area contributed by atoms with Crippen molar-refractivity contribution in [2.24, 2.45) is 23.5 Å². The number of nitrogens with zero attached hydrogens (tertiary/aromatic N) is 1. The Bertz CT molecular complexity index is 593. The van der Waals surface area contributed by atoms with Gasteiger partial charge in [0.05, 0.1) is 23.2 Å². The van der Waals surface area contributed by atoms with Crippen LogP contribution in [0.25, 0.3) is 0 Å². The lowest BCUT2D eigenvalue weighted by molar-refractivity contribution is -0.121. The lowest BCUT2D eigenvalue weighted by Crippen LogP contribution is -2.42. The first-order valence-electron chi connectivity index (χ1n) is 6.86. The standard InChI is InChI=1S/C15H16BrN3O/c16-11-5-8(7-17)1-4-12(11)19-15(20)13-9-2-3-10(6-9)14(13)18/h1,4-5,9-10,13-14H,2-3,6,18H2,(H,19,20). The van der Waals surface area contributed by atoms with E-state index >= 15 is 0 Å². The predicted octanol–water partition coefficient (Wildman–Crippen LogP) is 2.63. The number of halogens is 1. The molecule has 0 heterocycles. The van der Waals surface area contributed by atoms with Crippen molar-refractivity contribution in [1.29, 1.82) is 5.26 Å². The van der Waals surface area contributed by atoms with E-state index in [1.807, 2.05) is 0 Å². The fourth-order valence-corrected chi connectivity index (χ4v) is 4.10. The van der Waals surface area contributed by atoms with Crippen LogP contribution in [0.4, 0.5) is 5.69 Å². The van der Waals surface area contributed by atoms with Crippen LogP contribution in [0.15, 0.2) is 22.7 Å². The lowest BCUT2D eigenvalue weighted by atomic mass is 9.84. The van der Waals surface area contributed by atoms with Crippen LogP contribution >= 0.6 is 15.9 Å². The third-order valence-corrected chi connectivity index (χ3v) is 5.30. The van der Waals surface area contributed by atoms with Gasteiger partial charge in [-0.25, -0.2) is 0 Å². The highest BCUT2D eigenvalue weighted by Gasteiger charge is 2.49. The van der Waals surface area contributed by atoms with Crippen LogP contribution in [0.2, 0.25) is 0 Å². The highest BCUT2D eigenvalue weighted by Crippen LogP contribution is 2.48. The zero-order chi connectivity index (χ0) is 14.3. The summed E-state index contributed by atoms with van der Waals surface area (Å²) in [5.41, 5.74) is 7.45. The second-order valence-electron chi connectivity index (χ2n) is 5.73. The smallest absolute Gasteiger partial charge is 0.229 e. The number of hydrogen-bond acceptors (Lipinski definition) is 3. The van der Waals surface area contributed by atoms with Crippen LogP contribution in [0.5, 0.6) is 0 Å². The van der Waals surface area contributed by atoms with Gasteiger partial charge in [-0.15, -0.1) is 0 Å². The van der Waals surface area contributed by atoms with E-state index < -0.39 is 0 Å². The number of carbonyl (C=O) groups excluding carboxylic acids is 1. The molecule has 0 aromatic heterocycles. The van der Waals surface area contributed by atoms with E-state index in [1.165, 1.54) is 0 Å². The Hall–Kier alpha value is -1.38. The average molecular weight is 334 g/mol. The maximum atomic E-state index is 12.4. The summed E-state index contributed by atoms with van der Waals surface area (Å²) >= 11 is 3.38. The van der Waals surface area contributed by atoms with E-state index in [4.69, 9.17) is 11.0 Å². The third kappa shape index (κ3) is 2.23. The average Bonchev–Trinajstić information content (AvgIpc) is 3.01. The van der Waals surface area contributed by atoms with Gasteiger partial charge in [-0.3, -0.25) is 4.79 Å². The summed E-state index contributed by atoms with van der Waals surface area (Å²) in [7, 11) is 0. The van der Waals surface area contributed by atoms with Gasteiger partial charge in [0, 0.05) is 10.5 Å². The minimum atomic E-state index is -0.0729. The zero-order valence-corrected chi connectivity index (χ0v) is 12.6. The first-order chi connectivity index (χ1) is 9.60. The van der Waals surface area contributed by atoms with E-state index in [9.17, 15) is 4.79 Å². The molecular weight excluding hydrogens is 318 g/mol. The van der Waals surface area contributed by atoms with Crippen LogP contribution in [-0.2, 0) is 4.79 Å². The van der Waals surface area contributed by atoms with Crippen molar-refractivity contribution in [3.8, 4) is 6.07 Å². The van der Waals surface area contributed by atoms with E-state index in [0.29, 0.717) is 23.1 Å². The molecule has 0 radical (unpaired) electrons. The summed E-state index contributed by atoms with van der Waals surface area (Å²) in [5.74, 6) is 0.888. The molecule has 5 heteroatoms. The number of hydrogen-bond donors (Lipinski definition) is 2. The molecule has 1 aromatic rings. The predicted molar refractivity (Wildman–Crippen MR) is 79.8 cm³/mol. The minimum Gasteiger partial charge on any atom is -0.327 e. The maximum Gasteiger partial charge on any atom is 0.229 e. The largest absolute Gasteiger partial charge is 0.327 e. The van der Waals surface area contributed by atoms with E-state index in [-0.39, 0.29) is 17.9 Å². The minimum absolute atomic E-state index is 0.00842. The van der Waals surface area contributed by atoms with Gasteiger partial charge in [-0.1, -0.05) is 0 Å². The van der Waals surface area contributed by atoms with Gasteiger partial charge in [-0.2, -0.15) is 5.26 Å². The van der Waals surface area contributed by atoms with E-state index in [2.05, 4.69) is 27.3 Å². The summed E-state index contributed by atoms with van der Waals surface area (Å²) < 4.78 is 0.724. The molecule has 4 atom stereocenters. The summed E-state index contributed by atoms with van der Waals surface area (Å²) in [4.78, 5) is 12.4. The molecule has 1 aromatic carbocycles. The second-order valence-corrected chi connectivity index (χ2v) is 6.59. The number of fused-ring (bicyclic) bond motifs is 2. The summed E-state index contributed by atoms with van der Waals surface area (Å²) in [6.07, 6.45) is 3.37. The molecule has 0 spiro atoms. The lowest BCUT2D eigenvalue weighted by Gasteiger charge is -2.27. The molecule has 104 valence electrons. The summed E-state index contributed by atoms with van der Waals surface area (Å²) in [5, 5.41) is 11.8. The molecule has 2 saturated carbocycles. The molecular formula is C15H16BrN3O. The van der Waals surface area contributed by atoms with Crippen molar-refractivity contribution in [2.45, 2.75) is 25.3 Å². The fraction of sp³-hybridized carbons (Fsp3) is 0.467. The maximum absolute atomic E-state index is 12.4. The van der Waals surface area contributed by atoms with Gasteiger partial charge >= 0.3 is 0 Å². The summed E-state index contributed by atoms with van der Waals surface area (Å²) in [6, 6.07) is 7.21. The third-order valence-electron chi connectivity index (χ3n) is 4.64. The van der Waals surface area contributed by atoms with Gasteiger partial charge in [-0.05, 0) is 65.2 Å². The van der Waals surface area contributed by atoms with Crippen LogP contribution in [-0.4, -0.2) is 11.9 Å². The van der Waals surface area contributed by atoms with Crippen LogP contribution in [0.1, 0.15) is 24.8 Å². The van der Waals surface area contributed by atoms with Crippen LogP contribution in [0.3, 0.4) is 0 Å². The van der Waals surface area contributed by atoms with Crippen molar-refractivity contribution >= 4 is 27.5 Å². The van der Waals surface area contributed by atoms with Crippen LogP contribution < -0.4 is 11.1 Å². The Kier molecular flexibility index (Phi) is 3.53. The molecule has 4 nitrogen and oxygen atoms in total. The first kappa shape index (κ1) is 13.6. The van der Waals surface area contributed by atoms with Gasteiger partial charge in [0.2, 0.25) is 5.91 Å². The Morgan fingerprint density at radius 1 is 1.40 bits per heavy atom. The number of carbonyl (C=O) groups is 1. The topological polar surface area (TPSA) is 78.9 Å². The van der Waals surface area contributed by atoms with Crippen LogP contribution in [0, 0.1) is 29.1 Å². The number of amides is 1. The Balaban J connectivity index is 1.75. The SMILES string of the molecule is N#Cc1ccc(NC(=O)C2C3CCC(C3)C2N)c(Br)c1. The molecule has 3 N–H and O–H groups in total. The molecule has 1 amide bonds. The first-order valence-corrected chi connectivity index (χ1v) is 7.65. The van der Waals surface area contributed by atoms with Crippen molar-refractivity contribution in [1.82, 2.24) is 0 Å². The number of nitrogens with one attached hydrogen (secondary N) is 1. The molecule has 2 aliphatic carbocycles. The van der Waals surface area contributed by atoms with Gasteiger partial charge in [0.25, 0.3) is 0 Å².